The van der Waals surface area contributed by atoms with Crippen LogP contribution in [0.15, 0.2) is 42.7 Å². The molecule has 1 atom stereocenters. The van der Waals surface area contributed by atoms with E-state index in [9.17, 15) is 9.90 Å². The molecule has 1 aromatic heterocycles. The largest absolute Gasteiger partial charge is 0.472 e. The fraction of sp³-hybridized carbons (Fsp3) is 0.231. The van der Waals surface area contributed by atoms with E-state index in [1.165, 1.54) is 0 Å². The van der Waals surface area contributed by atoms with Gasteiger partial charge in [0.05, 0.1) is 7.05 Å². The first kappa shape index (κ1) is 11.4. The van der Waals surface area contributed by atoms with Crippen molar-refractivity contribution < 1.29 is 14.5 Å². The Labute approximate surface area is 99.8 Å². The number of aromatic nitrogens is 2. The number of benzene rings is 1. The molecule has 1 unspecified atom stereocenters. The molecular formula is C13H15N2O2+. The second kappa shape index (κ2) is 4.41. The number of carbonyl (C=O) groups is 1. The van der Waals surface area contributed by atoms with Crippen molar-refractivity contribution in [1.29, 1.82) is 0 Å². The molecule has 0 aliphatic heterocycles. The molecule has 0 radical (unpaired) electrons. The van der Waals surface area contributed by atoms with Crippen molar-refractivity contribution in [2.45, 2.75) is 13.0 Å². The molecular weight excluding hydrogens is 216 g/mol. The zero-order chi connectivity index (χ0) is 12.4. The average molecular weight is 231 g/mol. The van der Waals surface area contributed by atoms with Crippen molar-refractivity contribution in [3.63, 3.8) is 0 Å². The van der Waals surface area contributed by atoms with Gasteiger partial charge in [0.25, 0.3) is 0 Å². The van der Waals surface area contributed by atoms with E-state index in [4.69, 9.17) is 0 Å². The Hall–Kier alpha value is -2.10. The SMILES string of the molecule is CC(c1ccccc1)n1cc[n+](C)c1C(=O)O. The minimum atomic E-state index is -0.916. The Morgan fingerprint density at radius 2 is 2.00 bits per heavy atom. The standard InChI is InChI=1S/C13H14N2O2/c1-10(11-6-4-3-5-7-11)15-9-8-14(2)12(15)13(16)17/h3-10H,1-2H3/p+1. The Balaban J connectivity index is 2.45. The molecule has 1 aromatic carbocycles. The second-order valence-corrected chi connectivity index (χ2v) is 4.03. The van der Waals surface area contributed by atoms with Crippen molar-refractivity contribution in [2.75, 3.05) is 0 Å². The zero-order valence-electron chi connectivity index (χ0n) is 9.87. The molecule has 4 nitrogen and oxygen atoms in total. The number of imidazole rings is 1. The van der Waals surface area contributed by atoms with Crippen LogP contribution >= 0.6 is 0 Å². The summed E-state index contributed by atoms with van der Waals surface area (Å²) in [5.41, 5.74) is 1.09. The van der Waals surface area contributed by atoms with E-state index < -0.39 is 5.97 Å². The summed E-state index contributed by atoms with van der Waals surface area (Å²) in [6.07, 6.45) is 3.55. The van der Waals surface area contributed by atoms with Crippen LogP contribution in [0.5, 0.6) is 0 Å². The van der Waals surface area contributed by atoms with Crippen LogP contribution in [0.3, 0.4) is 0 Å². The van der Waals surface area contributed by atoms with Crippen LogP contribution in [-0.2, 0) is 7.05 Å². The molecule has 0 aliphatic carbocycles. The highest BCUT2D eigenvalue weighted by Crippen LogP contribution is 2.18. The third-order valence-electron chi connectivity index (χ3n) is 2.92. The number of aromatic carboxylic acids is 1. The lowest BCUT2D eigenvalue weighted by Gasteiger charge is -2.09. The average Bonchev–Trinajstić information content (AvgIpc) is 2.71. The monoisotopic (exact) mass is 231 g/mol. The first-order valence-corrected chi connectivity index (χ1v) is 5.46. The van der Waals surface area contributed by atoms with Gasteiger partial charge < -0.3 is 5.11 Å². The Morgan fingerprint density at radius 3 is 2.59 bits per heavy atom. The summed E-state index contributed by atoms with van der Waals surface area (Å²) >= 11 is 0. The highest BCUT2D eigenvalue weighted by molar-refractivity contribution is 5.82. The highest BCUT2D eigenvalue weighted by atomic mass is 16.4. The number of carboxylic acids is 1. The van der Waals surface area contributed by atoms with Crippen molar-refractivity contribution in [3.8, 4) is 0 Å². The molecule has 17 heavy (non-hydrogen) atoms. The van der Waals surface area contributed by atoms with Crippen molar-refractivity contribution in [3.05, 3.63) is 54.1 Å². The number of rotatable bonds is 3. The summed E-state index contributed by atoms with van der Waals surface area (Å²) in [4.78, 5) is 11.2. The van der Waals surface area contributed by atoms with Gasteiger partial charge in [-0.25, -0.2) is 13.9 Å². The minimum absolute atomic E-state index is 0.00324. The van der Waals surface area contributed by atoms with Gasteiger partial charge in [-0.1, -0.05) is 30.3 Å². The van der Waals surface area contributed by atoms with Crippen LogP contribution in [0, 0.1) is 0 Å². The summed E-state index contributed by atoms with van der Waals surface area (Å²) in [6.45, 7) is 1.99. The summed E-state index contributed by atoms with van der Waals surface area (Å²) in [5, 5.41) is 9.19. The van der Waals surface area contributed by atoms with Gasteiger partial charge in [0.2, 0.25) is 0 Å². The third-order valence-corrected chi connectivity index (χ3v) is 2.92. The lowest BCUT2D eigenvalue weighted by atomic mass is 10.1. The van der Waals surface area contributed by atoms with Gasteiger partial charge >= 0.3 is 11.8 Å². The maximum Gasteiger partial charge on any atom is 0.419 e. The van der Waals surface area contributed by atoms with Gasteiger partial charge in [-0.3, -0.25) is 0 Å². The molecule has 0 bridgehead atoms. The van der Waals surface area contributed by atoms with Crippen LogP contribution in [0.2, 0.25) is 0 Å². The van der Waals surface area contributed by atoms with E-state index in [1.807, 2.05) is 37.3 Å². The molecule has 0 amide bonds. The number of carboxylic acid groups (broad SMARTS) is 1. The quantitative estimate of drug-likeness (QED) is 0.816. The number of hydrogen-bond acceptors (Lipinski definition) is 1. The molecule has 2 rings (SSSR count). The lowest BCUT2D eigenvalue weighted by Crippen LogP contribution is -2.35. The molecule has 0 saturated carbocycles. The predicted molar refractivity (Wildman–Crippen MR) is 62.8 cm³/mol. The minimum Gasteiger partial charge on any atom is -0.472 e. The summed E-state index contributed by atoms with van der Waals surface area (Å²) in [7, 11) is 1.73. The van der Waals surface area contributed by atoms with Gasteiger partial charge in [0, 0.05) is 0 Å². The molecule has 0 aliphatic rings. The van der Waals surface area contributed by atoms with Crippen molar-refractivity contribution in [1.82, 2.24) is 4.57 Å². The molecule has 0 fully saturated rings. The molecule has 4 heteroatoms. The second-order valence-electron chi connectivity index (χ2n) is 4.03. The Bertz CT molecular complexity index is 532. The van der Waals surface area contributed by atoms with Gasteiger partial charge in [0.15, 0.2) is 0 Å². The summed E-state index contributed by atoms with van der Waals surface area (Å²) < 4.78 is 3.37. The maximum absolute atomic E-state index is 11.2. The van der Waals surface area contributed by atoms with Gasteiger partial charge in [-0.2, -0.15) is 0 Å². The Kier molecular flexibility index (Phi) is 2.95. The third kappa shape index (κ3) is 2.06. The zero-order valence-corrected chi connectivity index (χ0v) is 9.87. The van der Waals surface area contributed by atoms with Crippen molar-refractivity contribution >= 4 is 5.97 Å². The smallest absolute Gasteiger partial charge is 0.419 e. The van der Waals surface area contributed by atoms with E-state index in [-0.39, 0.29) is 11.9 Å². The van der Waals surface area contributed by atoms with E-state index in [0.29, 0.717) is 0 Å². The van der Waals surface area contributed by atoms with Gasteiger partial charge in [-0.15, -0.1) is 0 Å². The first-order chi connectivity index (χ1) is 8.11. The molecule has 1 heterocycles. The van der Waals surface area contributed by atoms with E-state index >= 15 is 0 Å². The normalized spacial score (nSPS) is 12.4. The maximum atomic E-state index is 11.2. The van der Waals surface area contributed by atoms with E-state index in [2.05, 4.69) is 0 Å². The topological polar surface area (TPSA) is 46.1 Å². The summed E-state index contributed by atoms with van der Waals surface area (Å²) in [6, 6.07) is 9.85. The van der Waals surface area contributed by atoms with Gasteiger partial charge in [0.1, 0.15) is 18.4 Å². The molecule has 2 aromatic rings. The van der Waals surface area contributed by atoms with E-state index in [0.717, 1.165) is 5.56 Å². The number of nitrogens with zero attached hydrogens (tertiary/aromatic N) is 2. The molecule has 88 valence electrons. The summed E-state index contributed by atoms with van der Waals surface area (Å²) in [5.74, 6) is -0.637. The fourth-order valence-electron chi connectivity index (χ4n) is 1.96. The van der Waals surface area contributed by atoms with Crippen LogP contribution in [0.25, 0.3) is 0 Å². The fourth-order valence-corrected chi connectivity index (χ4v) is 1.96. The van der Waals surface area contributed by atoms with E-state index in [1.54, 1.807) is 28.6 Å². The van der Waals surface area contributed by atoms with Crippen LogP contribution in [0.4, 0.5) is 0 Å². The molecule has 0 saturated heterocycles. The molecule has 1 N–H and O–H groups in total. The number of hydrogen-bond donors (Lipinski definition) is 1. The first-order valence-electron chi connectivity index (χ1n) is 5.46. The highest BCUT2D eigenvalue weighted by Gasteiger charge is 2.26. The molecule has 0 spiro atoms. The van der Waals surface area contributed by atoms with Gasteiger partial charge in [-0.05, 0) is 12.5 Å². The lowest BCUT2D eigenvalue weighted by molar-refractivity contribution is -0.673. The van der Waals surface area contributed by atoms with Crippen LogP contribution in [-0.4, -0.2) is 15.6 Å². The number of aryl methyl sites for hydroxylation is 1. The van der Waals surface area contributed by atoms with Crippen LogP contribution in [0.1, 0.15) is 29.1 Å². The predicted octanol–water partition coefficient (Wildman–Crippen LogP) is 1.62. The Morgan fingerprint density at radius 1 is 1.35 bits per heavy atom. The van der Waals surface area contributed by atoms with Crippen LogP contribution < -0.4 is 4.57 Å². The van der Waals surface area contributed by atoms with Crippen molar-refractivity contribution in [2.24, 2.45) is 7.05 Å².